The first kappa shape index (κ1) is 67.2. The second-order valence-electron chi connectivity index (χ2n) is 26.5. The summed E-state index contributed by atoms with van der Waals surface area (Å²) in [7, 11) is 0. The van der Waals surface area contributed by atoms with E-state index in [4.69, 9.17) is 23.7 Å². The molecule has 88 heavy (non-hydrogen) atoms. The van der Waals surface area contributed by atoms with Crippen LogP contribution in [0.2, 0.25) is 0 Å². The maximum Gasteiger partial charge on any atom is 0.204 e. The van der Waals surface area contributed by atoms with Crippen molar-refractivity contribution in [3.63, 3.8) is 0 Å². The van der Waals surface area contributed by atoms with Crippen LogP contribution in [0.15, 0.2) is 94.1 Å². The van der Waals surface area contributed by atoms with Gasteiger partial charge in [0, 0.05) is 0 Å². The van der Waals surface area contributed by atoms with Gasteiger partial charge in [-0.25, -0.2) is 13.2 Å². The number of hydrogen-bond donors (Lipinski definition) is 0. The Balaban J connectivity index is 0.000000158. The molecule has 0 atom stereocenters. The highest BCUT2D eigenvalue weighted by molar-refractivity contribution is 5.37. The minimum Gasteiger partial charge on any atom is -0.491 e. The van der Waals surface area contributed by atoms with Crippen LogP contribution < -0.4 is 18.9 Å². The van der Waals surface area contributed by atoms with Gasteiger partial charge in [-0.2, -0.15) is 13.2 Å². The van der Waals surface area contributed by atoms with Crippen molar-refractivity contribution in [3.8, 4) is 23.0 Å². The summed E-state index contributed by atoms with van der Waals surface area (Å²) in [6.45, 7) is 12.5. The second kappa shape index (κ2) is 33.2. The molecule has 0 unspecified atom stereocenters. The summed E-state index contributed by atoms with van der Waals surface area (Å²) < 4.78 is 114. The first-order valence-corrected chi connectivity index (χ1v) is 34.6. The lowest BCUT2D eigenvalue weighted by Crippen LogP contribution is -2.28. The third kappa shape index (κ3) is 17.9. The van der Waals surface area contributed by atoms with Crippen LogP contribution in [0.4, 0.5) is 26.3 Å². The quantitative estimate of drug-likeness (QED) is 0.0877. The Hall–Kier alpha value is -5.16. The molecule has 0 saturated heterocycles. The summed E-state index contributed by atoms with van der Waals surface area (Å²) >= 11 is 0. The molecule has 0 radical (unpaired) electrons. The topological polar surface area (TPSA) is 46.2 Å². The summed E-state index contributed by atoms with van der Waals surface area (Å²) in [4.78, 5) is 0. The van der Waals surface area contributed by atoms with Crippen molar-refractivity contribution in [2.75, 3.05) is 13.2 Å². The minimum absolute atomic E-state index is 0.00416. The third-order valence-electron chi connectivity index (χ3n) is 21.1. The van der Waals surface area contributed by atoms with Crippen LogP contribution >= 0.6 is 0 Å². The first-order valence-electron chi connectivity index (χ1n) is 34.6. The van der Waals surface area contributed by atoms with E-state index in [1.54, 1.807) is 78.5 Å². The summed E-state index contributed by atoms with van der Waals surface area (Å²) in [6, 6.07) is 18.2. The summed E-state index contributed by atoms with van der Waals surface area (Å²) in [6.07, 6.45) is 35.6. The van der Waals surface area contributed by atoms with E-state index in [2.05, 4.69) is 45.0 Å². The largest absolute Gasteiger partial charge is 0.491 e. The molecule has 0 aliphatic heterocycles. The standard InChI is InChI=1S/C28H34F2O2.C27H38F2O.C22H30F2O2/c1-3-19-5-13-23(14-6-19)32-24-15-11-21(12-16-24)20-7-9-22(10-8-20)25-17-18-26(31-4-2)28(30)27(25)29;1-3-19-5-13-23(14-6-19)30-24-15-11-21(12-16-24)20-7-9-22(10-8-20)25-17-4-18(2)26(28)27(25)29;1-3-15-5-7-16(8-6-15)17-9-11-18(12-10-17)26-20-14-13-19(25-4-2)21(23)22(20)24/h5-6,13-14,17-18,22,24H,3-4,7-12,15-16H2,1-2H3;4,17,19,22-24H,3,5-16H2,1-2H3;13-15,18H,3-12H2,1-2H3. The van der Waals surface area contributed by atoms with Gasteiger partial charge in [0.25, 0.3) is 0 Å². The van der Waals surface area contributed by atoms with E-state index in [1.807, 2.05) is 0 Å². The zero-order chi connectivity index (χ0) is 62.1. The molecular weight excluding hydrogens is 1120 g/mol. The molecule has 0 spiro atoms. The van der Waals surface area contributed by atoms with Gasteiger partial charge in [-0.05, 0) is 283 Å². The predicted octanol–water partition coefficient (Wildman–Crippen LogP) is 22.6. The van der Waals surface area contributed by atoms with Gasteiger partial charge < -0.3 is 23.7 Å². The number of benzene rings is 4. The zero-order valence-corrected chi connectivity index (χ0v) is 54.0. The molecule has 0 heterocycles. The van der Waals surface area contributed by atoms with E-state index in [-0.39, 0.29) is 41.3 Å². The lowest BCUT2D eigenvalue weighted by Gasteiger charge is -2.34. The van der Waals surface area contributed by atoms with E-state index in [9.17, 15) is 26.3 Å². The van der Waals surface area contributed by atoms with Gasteiger partial charge in [0.2, 0.25) is 17.5 Å². The van der Waals surface area contributed by atoms with Crippen molar-refractivity contribution in [2.24, 2.45) is 11.8 Å². The predicted molar refractivity (Wildman–Crippen MR) is 343 cm³/mol. The number of aryl methyl sites for hydroxylation is 2. The van der Waals surface area contributed by atoms with Crippen LogP contribution in [0, 0.1) is 53.7 Å². The van der Waals surface area contributed by atoms with Gasteiger partial charge in [-0.15, -0.1) is 0 Å². The molecular formula is C77H102F6O5. The molecule has 0 amide bonds. The number of halogens is 6. The van der Waals surface area contributed by atoms with E-state index >= 15 is 0 Å². The Labute approximate surface area is 523 Å². The second-order valence-corrected chi connectivity index (χ2v) is 26.5. The first-order chi connectivity index (χ1) is 42.7. The number of allylic oxidation sites excluding steroid dienone is 6. The number of hydrogen-bond acceptors (Lipinski definition) is 5. The Morgan fingerprint density at radius 2 is 0.705 bits per heavy atom. The molecule has 0 bridgehead atoms. The van der Waals surface area contributed by atoms with Crippen molar-refractivity contribution in [3.05, 3.63) is 151 Å². The summed E-state index contributed by atoms with van der Waals surface area (Å²) in [5.74, 6) is -1.82. The highest BCUT2D eigenvalue weighted by Crippen LogP contribution is 2.45. The monoisotopic (exact) mass is 1220 g/mol. The van der Waals surface area contributed by atoms with Crippen LogP contribution in [-0.2, 0) is 11.2 Å². The van der Waals surface area contributed by atoms with Crippen molar-refractivity contribution in [2.45, 2.75) is 277 Å². The van der Waals surface area contributed by atoms with E-state index in [1.165, 1.54) is 94.7 Å². The molecule has 0 N–H and O–H groups in total. The maximum absolute atomic E-state index is 14.6. The highest BCUT2D eigenvalue weighted by atomic mass is 19.2. The molecule has 7 aliphatic carbocycles. The summed E-state index contributed by atoms with van der Waals surface area (Å²) in [5.41, 5.74) is 12.4. The maximum atomic E-state index is 14.6. The van der Waals surface area contributed by atoms with Crippen molar-refractivity contribution in [1.29, 1.82) is 0 Å². The minimum atomic E-state index is -0.962. The zero-order valence-electron chi connectivity index (χ0n) is 54.0. The van der Waals surface area contributed by atoms with Gasteiger partial charge in [-0.1, -0.05) is 97.4 Å². The normalized spacial score (nSPS) is 25.3. The Morgan fingerprint density at radius 1 is 0.341 bits per heavy atom. The number of ether oxygens (including phenoxy) is 5. The van der Waals surface area contributed by atoms with Crippen molar-refractivity contribution < 1.29 is 50.0 Å². The Kier molecular flexibility index (Phi) is 25.4. The SMILES string of the molecule is CCC1CCC(OC2CCC(=C3CCC(c4ccc(C)c(F)c4F)CC3)CC2)CC1.CCOc1ccc(C2CCC(=C3CCC(Oc4ccc(CC)cc4)CC3)CC2)c(F)c1F.CCOc1ccc(OC2CCC(=C3CCC(CC)CC3)CC2)c(F)c1F. The molecule has 7 aliphatic rings. The molecule has 482 valence electrons. The average molecular weight is 1220 g/mol. The van der Waals surface area contributed by atoms with Crippen LogP contribution in [0.3, 0.4) is 0 Å². The molecule has 11 rings (SSSR count). The van der Waals surface area contributed by atoms with E-state index in [0.717, 1.165) is 140 Å². The van der Waals surface area contributed by atoms with Crippen LogP contribution in [0.1, 0.15) is 261 Å². The van der Waals surface area contributed by atoms with Gasteiger partial charge in [0.05, 0.1) is 37.6 Å². The van der Waals surface area contributed by atoms with Crippen LogP contribution in [0.5, 0.6) is 23.0 Å². The van der Waals surface area contributed by atoms with Crippen LogP contribution in [0.25, 0.3) is 0 Å². The molecule has 7 saturated carbocycles. The average Bonchev–Trinajstić information content (AvgIpc) is 3.14. The lowest BCUT2D eigenvalue weighted by molar-refractivity contribution is -0.0471. The van der Waals surface area contributed by atoms with Gasteiger partial charge in [0.1, 0.15) is 5.75 Å². The van der Waals surface area contributed by atoms with Gasteiger partial charge in [0.15, 0.2) is 34.7 Å². The Morgan fingerprint density at radius 3 is 1.17 bits per heavy atom. The fourth-order valence-corrected chi connectivity index (χ4v) is 15.4. The molecule has 7 fully saturated rings. The molecule has 4 aromatic carbocycles. The third-order valence-corrected chi connectivity index (χ3v) is 21.1. The molecule has 0 aromatic heterocycles. The fourth-order valence-electron chi connectivity index (χ4n) is 15.4. The molecule has 11 heteroatoms. The summed E-state index contributed by atoms with van der Waals surface area (Å²) in [5, 5.41) is 0. The van der Waals surface area contributed by atoms with Gasteiger partial charge >= 0.3 is 0 Å². The van der Waals surface area contributed by atoms with Crippen molar-refractivity contribution >= 4 is 0 Å². The van der Waals surface area contributed by atoms with E-state index in [0.29, 0.717) is 42.1 Å². The molecule has 4 aromatic rings. The Bertz CT molecular complexity index is 2930. The smallest absolute Gasteiger partial charge is 0.204 e. The lowest BCUT2D eigenvalue weighted by atomic mass is 9.77. The highest BCUT2D eigenvalue weighted by Gasteiger charge is 2.32. The number of rotatable bonds is 15. The van der Waals surface area contributed by atoms with E-state index < -0.39 is 34.9 Å². The molecule has 5 nitrogen and oxygen atoms in total. The van der Waals surface area contributed by atoms with Crippen LogP contribution in [-0.4, -0.2) is 37.6 Å². The van der Waals surface area contributed by atoms with Gasteiger partial charge in [-0.3, -0.25) is 0 Å². The fraction of sp³-hybridized carbons (Fsp3) is 0.610. The van der Waals surface area contributed by atoms with Crippen molar-refractivity contribution in [1.82, 2.24) is 0 Å².